The van der Waals surface area contributed by atoms with Crippen molar-refractivity contribution < 1.29 is 14.9 Å². The molecule has 0 saturated heterocycles. The van der Waals surface area contributed by atoms with Crippen molar-refractivity contribution in [1.82, 2.24) is 10.2 Å². The molecule has 7 heteroatoms. The minimum absolute atomic E-state index is 0.0522. The number of H-pyrrole nitrogens is 1. The summed E-state index contributed by atoms with van der Waals surface area (Å²) < 4.78 is 0. The van der Waals surface area contributed by atoms with Crippen molar-refractivity contribution in [3.63, 3.8) is 0 Å². The van der Waals surface area contributed by atoms with Gasteiger partial charge in [0, 0.05) is 17.0 Å². The molecule has 0 amide bonds. The van der Waals surface area contributed by atoms with E-state index in [0.717, 1.165) is 5.39 Å². The molecule has 0 spiro atoms. The van der Waals surface area contributed by atoms with Gasteiger partial charge in [-0.3, -0.25) is 5.10 Å². The first-order valence-electron chi connectivity index (χ1n) is 5.89. The molecule has 4 N–H and O–H groups in total. The molecule has 0 aliphatic heterocycles. The molecule has 1 aromatic heterocycles. The van der Waals surface area contributed by atoms with Crippen LogP contribution in [0.15, 0.2) is 12.3 Å². The quantitative estimate of drug-likeness (QED) is 0.576. The number of aromatic amines is 1. The van der Waals surface area contributed by atoms with Crippen LogP contribution in [0.25, 0.3) is 10.9 Å². The van der Waals surface area contributed by atoms with E-state index >= 15 is 0 Å². The lowest BCUT2D eigenvalue weighted by Gasteiger charge is -2.14. The van der Waals surface area contributed by atoms with Crippen LogP contribution in [0.1, 0.15) is 25.5 Å². The highest BCUT2D eigenvalue weighted by atomic mass is 35.5. The van der Waals surface area contributed by atoms with E-state index in [4.69, 9.17) is 32.2 Å². The van der Waals surface area contributed by atoms with E-state index in [9.17, 15) is 0 Å². The van der Waals surface area contributed by atoms with Crippen LogP contribution in [0.4, 0.5) is 0 Å². The minimum Gasteiger partial charge on any atom is -0.391 e. The Bertz CT molecular complexity index is 569. The highest BCUT2D eigenvalue weighted by Gasteiger charge is 2.18. The molecule has 0 bridgehead atoms. The maximum atomic E-state index is 9.16. The lowest BCUT2D eigenvalue weighted by Crippen LogP contribution is -2.14. The molecule has 1 heterocycles. The number of aliphatic hydroxyl groups is 1. The molecular weight excluding hydrogens is 270 g/mol. The number of aliphatic hydroxyl groups excluding tert-OH is 1. The number of aromatic nitrogens is 2. The normalized spacial score (nSPS) is 14.6. The van der Waals surface area contributed by atoms with Gasteiger partial charge < -0.3 is 15.7 Å². The SMILES string of the molecule is CC(O)COOc1c(C(C)N)cc(Cl)c2cn[nH]c12. The third kappa shape index (κ3) is 2.98. The van der Waals surface area contributed by atoms with E-state index in [1.54, 1.807) is 19.2 Å². The number of hydrogen-bond donors (Lipinski definition) is 3. The topological polar surface area (TPSA) is 93.4 Å². The minimum atomic E-state index is -0.622. The zero-order valence-electron chi connectivity index (χ0n) is 10.7. The van der Waals surface area contributed by atoms with Crippen molar-refractivity contribution in [1.29, 1.82) is 0 Å². The summed E-state index contributed by atoms with van der Waals surface area (Å²) in [7, 11) is 0. The highest BCUT2D eigenvalue weighted by Crippen LogP contribution is 2.36. The molecule has 104 valence electrons. The number of halogens is 1. The summed E-state index contributed by atoms with van der Waals surface area (Å²) in [4.78, 5) is 10.3. The Labute approximate surface area is 115 Å². The van der Waals surface area contributed by atoms with Crippen LogP contribution in [0.2, 0.25) is 5.02 Å². The first-order valence-corrected chi connectivity index (χ1v) is 6.27. The third-order valence-electron chi connectivity index (χ3n) is 2.61. The fourth-order valence-corrected chi connectivity index (χ4v) is 1.94. The van der Waals surface area contributed by atoms with Crippen LogP contribution in [0, 0.1) is 0 Å². The smallest absolute Gasteiger partial charge is 0.195 e. The summed E-state index contributed by atoms with van der Waals surface area (Å²) in [6.45, 7) is 3.47. The van der Waals surface area contributed by atoms with Crippen LogP contribution >= 0.6 is 11.6 Å². The van der Waals surface area contributed by atoms with Crippen LogP contribution in [0.5, 0.6) is 5.75 Å². The van der Waals surface area contributed by atoms with E-state index < -0.39 is 6.10 Å². The molecule has 0 fully saturated rings. The monoisotopic (exact) mass is 285 g/mol. The molecule has 2 unspecified atom stereocenters. The molecule has 1 aromatic carbocycles. The van der Waals surface area contributed by atoms with Crippen molar-refractivity contribution in [2.45, 2.75) is 26.0 Å². The molecule has 0 aliphatic rings. The average Bonchev–Trinajstić information content (AvgIpc) is 2.80. The first kappa shape index (κ1) is 14.1. The van der Waals surface area contributed by atoms with E-state index in [1.165, 1.54) is 0 Å². The second-order valence-electron chi connectivity index (χ2n) is 4.44. The number of nitrogens with zero attached hydrogens (tertiary/aromatic N) is 1. The van der Waals surface area contributed by atoms with Crippen LogP contribution in [-0.4, -0.2) is 28.0 Å². The number of hydrogen-bond acceptors (Lipinski definition) is 5. The lowest BCUT2D eigenvalue weighted by molar-refractivity contribution is -0.221. The Morgan fingerprint density at radius 3 is 2.89 bits per heavy atom. The number of nitrogens with one attached hydrogen (secondary N) is 1. The van der Waals surface area contributed by atoms with Crippen molar-refractivity contribution in [3.8, 4) is 5.75 Å². The molecule has 2 atom stereocenters. The first-order chi connectivity index (χ1) is 9.00. The van der Waals surface area contributed by atoms with Gasteiger partial charge in [-0.2, -0.15) is 9.99 Å². The van der Waals surface area contributed by atoms with Gasteiger partial charge in [-0.05, 0) is 19.9 Å². The van der Waals surface area contributed by atoms with E-state index in [2.05, 4.69) is 10.2 Å². The predicted molar refractivity (Wildman–Crippen MR) is 72.0 cm³/mol. The highest BCUT2D eigenvalue weighted by molar-refractivity contribution is 6.35. The largest absolute Gasteiger partial charge is 0.391 e. The van der Waals surface area contributed by atoms with Crippen molar-refractivity contribution >= 4 is 22.5 Å². The number of benzene rings is 1. The van der Waals surface area contributed by atoms with Gasteiger partial charge in [-0.1, -0.05) is 11.6 Å². The van der Waals surface area contributed by atoms with Gasteiger partial charge in [0.25, 0.3) is 0 Å². The molecule has 19 heavy (non-hydrogen) atoms. The zero-order chi connectivity index (χ0) is 14.0. The maximum absolute atomic E-state index is 9.16. The van der Waals surface area contributed by atoms with Gasteiger partial charge in [-0.15, -0.1) is 0 Å². The molecule has 2 aromatic rings. The number of rotatable bonds is 5. The summed E-state index contributed by atoms with van der Waals surface area (Å²) in [6.07, 6.45) is 0.979. The molecule has 6 nitrogen and oxygen atoms in total. The van der Waals surface area contributed by atoms with Crippen LogP contribution in [0.3, 0.4) is 0 Å². The Kier molecular flexibility index (Phi) is 4.26. The zero-order valence-corrected chi connectivity index (χ0v) is 11.4. The maximum Gasteiger partial charge on any atom is 0.195 e. The molecule has 0 radical (unpaired) electrons. The molecule has 0 aliphatic carbocycles. The van der Waals surface area contributed by atoms with Gasteiger partial charge in [0.05, 0.1) is 17.3 Å². The summed E-state index contributed by atoms with van der Waals surface area (Å²) in [5.74, 6) is 0.438. The van der Waals surface area contributed by atoms with E-state index in [-0.39, 0.29) is 12.6 Å². The molecule has 0 saturated carbocycles. The van der Waals surface area contributed by atoms with Gasteiger partial charge >= 0.3 is 0 Å². The number of fused-ring (bicyclic) bond motifs is 1. The van der Waals surface area contributed by atoms with E-state index in [0.29, 0.717) is 21.9 Å². The lowest BCUT2D eigenvalue weighted by atomic mass is 10.1. The van der Waals surface area contributed by atoms with Gasteiger partial charge in [0.2, 0.25) is 0 Å². The fourth-order valence-electron chi connectivity index (χ4n) is 1.68. The molecule has 2 rings (SSSR count). The summed E-state index contributed by atoms with van der Waals surface area (Å²) in [5.41, 5.74) is 7.21. The Morgan fingerprint density at radius 2 is 2.26 bits per heavy atom. The predicted octanol–water partition coefficient (Wildman–Crippen LogP) is 1.93. The van der Waals surface area contributed by atoms with Gasteiger partial charge in [0.15, 0.2) is 5.75 Å². The van der Waals surface area contributed by atoms with Crippen LogP contribution in [-0.2, 0) is 4.89 Å². The standard InChI is InChI=1S/C12H16ClN3O3/c1-6(17)5-18-19-12-8(7(2)14)3-10(13)9-4-15-16-11(9)12/h3-4,6-7,17H,5,14H2,1-2H3,(H,15,16). The molecular formula is C12H16ClN3O3. The van der Waals surface area contributed by atoms with Gasteiger partial charge in [0.1, 0.15) is 12.1 Å². The van der Waals surface area contributed by atoms with E-state index in [1.807, 2.05) is 6.92 Å². The Balaban J connectivity index is 2.40. The second-order valence-corrected chi connectivity index (χ2v) is 4.85. The fraction of sp³-hybridized carbons (Fsp3) is 0.417. The average molecular weight is 286 g/mol. The van der Waals surface area contributed by atoms with Gasteiger partial charge in [-0.25, -0.2) is 0 Å². The Morgan fingerprint density at radius 1 is 1.53 bits per heavy atom. The number of nitrogens with two attached hydrogens (primary N) is 1. The van der Waals surface area contributed by atoms with Crippen LogP contribution < -0.4 is 10.6 Å². The van der Waals surface area contributed by atoms with Crippen molar-refractivity contribution in [2.24, 2.45) is 5.73 Å². The summed E-state index contributed by atoms with van der Waals surface area (Å²) >= 11 is 6.15. The second kappa shape index (κ2) is 5.75. The van der Waals surface area contributed by atoms with Crippen molar-refractivity contribution in [2.75, 3.05) is 6.61 Å². The third-order valence-corrected chi connectivity index (χ3v) is 2.92. The summed E-state index contributed by atoms with van der Waals surface area (Å²) in [5, 5.41) is 17.2. The summed E-state index contributed by atoms with van der Waals surface area (Å²) in [6, 6.07) is 1.45. The Hall–Kier alpha value is -1.34. The van der Waals surface area contributed by atoms with Crippen molar-refractivity contribution in [3.05, 3.63) is 22.8 Å².